The number of aliphatic hydroxyl groups is 1. The Labute approximate surface area is 125 Å². The average molecular weight is 283 g/mol. The van der Waals surface area contributed by atoms with Crippen molar-refractivity contribution < 1.29 is 9.84 Å². The number of fused-ring (bicyclic) bond motifs is 1. The van der Waals surface area contributed by atoms with Gasteiger partial charge in [0.2, 0.25) is 0 Å². The molecule has 2 N–H and O–H groups in total. The van der Waals surface area contributed by atoms with Crippen LogP contribution in [0.2, 0.25) is 0 Å². The van der Waals surface area contributed by atoms with Crippen LogP contribution in [0.4, 0.5) is 0 Å². The molecule has 3 rings (SSSR count). The summed E-state index contributed by atoms with van der Waals surface area (Å²) in [6.07, 6.45) is -0.452. The van der Waals surface area contributed by atoms with Crippen LogP contribution in [-0.2, 0) is 6.54 Å². The van der Waals surface area contributed by atoms with E-state index in [-0.39, 0.29) is 12.1 Å². The topological polar surface area (TPSA) is 41.5 Å². The number of hydrogen-bond donors (Lipinski definition) is 2. The molecule has 0 amide bonds. The lowest BCUT2D eigenvalue weighted by Crippen LogP contribution is -2.20. The second-order valence-corrected chi connectivity index (χ2v) is 5.74. The number of ether oxygens (including phenoxy) is 1. The van der Waals surface area contributed by atoms with E-state index in [9.17, 15) is 5.11 Å². The third kappa shape index (κ3) is 2.94. The van der Waals surface area contributed by atoms with E-state index < -0.39 is 6.10 Å². The Bertz CT molecular complexity index is 624. The molecule has 1 heterocycles. The normalized spacial score (nSPS) is 18.6. The molecule has 0 spiro atoms. The Hall–Kier alpha value is -1.84. The van der Waals surface area contributed by atoms with Gasteiger partial charge in [0.25, 0.3) is 0 Å². The minimum atomic E-state index is -0.579. The Kier molecular flexibility index (Phi) is 3.95. The van der Waals surface area contributed by atoms with Gasteiger partial charge in [-0.1, -0.05) is 36.4 Å². The fourth-order valence-electron chi connectivity index (χ4n) is 2.85. The molecule has 0 saturated carbocycles. The summed E-state index contributed by atoms with van der Waals surface area (Å²) in [6.45, 7) is 4.80. The molecule has 0 saturated heterocycles. The second kappa shape index (κ2) is 5.88. The summed E-state index contributed by atoms with van der Waals surface area (Å²) in [5, 5.41) is 14.1. The van der Waals surface area contributed by atoms with Crippen molar-refractivity contribution >= 4 is 0 Å². The lowest BCUT2D eigenvalue weighted by Gasteiger charge is -2.21. The Morgan fingerprint density at radius 2 is 1.95 bits per heavy atom. The molecule has 2 atom stereocenters. The van der Waals surface area contributed by atoms with Crippen LogP contribution >= 0.6 is 0 Å². The quantitative estimate of drug-likeness (QED) is 0.904. The second-order valence-electron chi connectivity index (χ2n) is 5.74. The molecule has 0 radical (unpaired) electrons. The molecular formula is C18H21NO2. The standard InChI is InChI=1S/C18H21NO2/c1-12(2)21-15-8-5-7-13(10-15)18(20)17-16-9-4-3-6-14(16)11-19-17/h3-10,12,17-20H,11H2,1-2H3. The van der Waals surface area contributed by atoms with E-state index in [1.54, 1.807) is 0 Å². The molecule has 1 aliphatic rings. The molecule has 0 bridgehead atoms. The maximum Gasteiger partial charge on any atom is 0.120 e. The summed E-state index contributed by atoms with van der Waals surface area (Å²) in [6, 6.07) is 15.9. The van der Waals surface area contributed by atoms with E-state index in [0.29, 0.717) is 0 Å². The van der Waals surface area contributed by atoms with Crippen LogP contribution in [0.15, 0.2) is 48.5 Å². The maximum atomic E-state index is 10.7. The van der Waals surface area contributed by atoms with Crippen molar-refractivity contribution in [1.29, 1.82) is 0 Å². The van der Waals surface area contributed by atoms with Gasteiger partial charge in [-0.25, -0.2) is 0 Å². The van der Waals surface area contributed by atoms with Crippen molar-refractivity contribution in [2.24, 2.45) is 0 Å². The van der Waals surface area contributed by atoms with Crippen LogP contribution in [0.5, 0.6) is 5.75 Å². The van der Waals surface area contributed by atoms with Crippen molar-refractivity contribution in [3.8, 4) is 5.75 Å². The minimum absolute atomic E-state index is 0.0597. The first-order chi connectivity index (χ1) is 10.1. The van der Waals surface area contributed by atoms with Crippen LogP contribution in [0.3, 0.4) is 0 Å². The van der Waals surface area contributed by atoms with Gasteiger partial charge in [0, 0.05) is 6.54 Å². The number of nitrogens with one attached hydrogen (secondary N) is 1. The van der Waals surface area contributed by atoms with E-state index >= 15 is 0 Å². The predicted octanol–water partition coefficient (Wildman–Crippen LogP) is 3.35. The molecule has 3 nitrogen and oxygen atoms in total. The summed E-state index contributed by atoms with van der Waals surface area (Å²) in [7, 11) is 0. The van der Waals surface area contributed by atoms with Gasteiger partial charge in [0.15, 0.2) is 0 Å². The van der Waals surface area contributed by atoms with E-state index in [0.717, 1.165) is 17.9 Å². The highest BCUT2D eigenvalue weighted by Gasteiger charge is 2.28. The zero-order valence-corrected chi connectivity index (χ0v) is 12.4. The van der Waals surface area contributed by atoms with Crippen LogP contribution in [0.1, 0.15) is 42.7 Å². The first-order valence-electron chi connectivity index (χ1n) is 7.41. The first kappa shape index (κ1) is 14.1. The molecular weight excluding hydrogens is 262 g/mol. The minimum Gasteiger partial charge on any atom is -0.491 e. The number of benzene rings is 2. The van der Waals surface area contributed by atoms with E-state index in [4.69, 9.17) is 4.74 Å². The van der Waals surface area contributed by atoms with E-state index in [1.807, 2.05) is 50.2 Å². The molecule has 1 aliphatic heterocycles. The van der Waals surface area contributed by atoms with Crippen molar-refractivity contribution in [2.75, 3.05) is 0 Å². The number of aliphatic hydroxyl groups excluding tert-OH is 1. The molecule has 0 aromatic heterocycles. The van der Waals surface area contributed by atoms with Gasteiger partial charge in [0.1, 0.15) is 5.75 Å². The monoisotopic (exact) mass is 283 g/mol. The summed E-state index contributed by atoms with van der Waals surface area (Å²) in [4.78, 5) is 0. The highest BCUT2D eigenvalue weighted by molar-refractivity contribution is 5.38. The van der Waals surface area contributed by atoms with Crippen molar-refractivity contribution in [3.63, 3.8) is 0 Å². The lowest BCUT2D eigenvalue weighted by molar-refractivity contribution is 0.133. The highest BCUT2D eigenvalue weighted by Crippen LogP contribution is 2.35. The molecule has 110 valence electrons. The van der Waals surface area contributed by atoms with Gasteiger partial charge in [-0.3, -0.25) is 0 Å². The summed E-state index contributed by atoms with van der Waals surface area (Å²) in [5.74, 6) is 0.799. The Morgan fingerprint density at radius 3 is 2.76 bits per heavy atom. The van der Waals surface area contributed by atoms with E-state index in [2.05, 4.69) is 17.4 Å². The number of hydrogen-bond acceptors (Lipinski definition) is 3. The summed E-state index contributed by atoms with van der Waals surface area (Å²) < 4.78 is 5.71. The Balaban J connectivity index is 1.84. The fourth-order valence-corrected chi connectivity index (χ4v) is 2.85. The molecule has 2 unspecified atom stereocenters. The summed E-state index contributed by atoms with van der Waals surface area (Å²) >= 11 is 0. The predicted molar refractivity (Wildman–Crippen MR) is 83.2 cm³/mol. The van der Waals surface area contributed by atoms with Crippen LogP contribution in [0, 0.1) is 0 Å². The van der Waals surface area contributed by atoms with Gasteiger partial charge in [-0.05, 0) is 42.7 Å². The number of rotatable bonds is 4. The lowest BCUT2D eigenvalue weighted by atomic mass is 9.96. The van der Waals surface area contributed by atoms with Gasteiger partial charge in [-0.2, -0.15) is 0 Å². The first-order valence-corrected chi connectivity index (χ1v) is 7.41. The fraction of sp³-hybridized carbons (Fsp3) is 0.333. The molecule has 0 aliphatic carbocycles. The smallest absolute Gasteiger partial charge is 0.120 e. The third-order valence-corrected chi connectivity index (χ3v) is 3.79. The maximum absolute atomic E-state index is 10.7. The van der Waals surface area contributed by atoms with Crippen molar-refractivity contribution in [1.82, 2.24) is 5.32 Å². The zero-order valence-electron chi connectivity index (χ0n) is 12.4. The summed E-state index contributed by atoms with van der Waals surface area (Å²) in [5.41, 5.74) is 3.32. The average Bonchev–Trinajstić information content (AvgIpc) is 2.90. The molecule has 2 aromatic carbocycles. The van der Waals surface area contributed by atoms with Crippen LogP contribution in [-0.4, -0.2) is 11.2 Å². The van der Waals surface area contributed by atoms with Gasteiger partial charge >= 0.3 is 0 Å². The largest absolute Gasteiger partial charge is 0.491 e. The van der Waals surface area contributed by atoms with Crippen LogP contribution in [0.25, 0.3) is 0 Å². The highest BCUT2D eigenvalue weighted by atomic mass is 16.5. The molecule has 21 heavy (non-hydrogen) atoms. The molecule has 0 fully saturated rings. The van der Waals surface area contributed by atoms with Crippen molar-refractivity contribution in [3.05, 3.63) is 65.2 Å². The van der Waals surface area contributed by atoms with Gasteiger partial charge < -0.3 is 15.2 Å². The Morgan fingerprint density at radius 1 is 1.14 bits per heavy atom. The zero-order chi connectivity index (χ0) is 14.8. The van der Waals surface area contributed by atoms with Crippen molar-refractivity contribution in [2.45, 2.75) is 38.6 Å². The SMILES string of the molecule is CC(C)Oc1cccc(C(O)C2NCc3ccccc32)c1. The van der Waals surface area contributed by atoms with Crippen LogP contribution < -0.4 is 10.1 Å². The molecule has 2 aromatic rings. The van der Waals surface area contributed by atoms with E-state index in [1.165, 1.54) is 11.1 Å². The van der Waals surface area contributed by atoms with Gasteiger partial charge in [0.05, 0.1) is 18.2 Å². The molecule has 3 heteroatoms. The van der Waals surface area contributed by atoms with Gasteiger partial charge in [-0.15, -0.1) is 0 Å². The third-order valence-electron chi connectivity index (χ3n) is 3.79.